The Labute approximate surface area is 71.6 Å². The molecule has 2 nitrogen and oxygen atoms in total. The summed E-state index contributed by atoms with van der Waals surface area (Å²) in [5.41, 5.74) is -0.799. The highest BCUT2D eigenvalue weighted by molar-refractivity contribution is 5.74. The predicted molar refractivity (Wildman–Crippen MR) is 37.8 cm³/mol. The number of aliphatic carboxylic acids is 1. The maximum Gasteiger partial charge on any atom is 0.343 e. The number of rotatable bonds is 2. The largest absolute Gasteiger partial charge is 0.479 e. The normalized spacial score (nSPS) is 12.5. The first-order valence-electron chi connectivity index (χ1n) is 3.35. The fraction of sp³-hybridized carbons (Fsp3) is 0.125. The fourth-order valence-corrected chi connectivity index (χ4v) is 0.849. The highest BCUT2D eigenvalue weighted by Crippen LogP contribution is 2.22. The van der Waals surface area contributed by atoms with Crippen LogP contribution in [0.15, 0.2) is 18.2 Å². The number of carboxylic acids is 1. The van der Waals surface area contributed by atoms with Crippen molar-refractivity contribution in [3.05, 3.63) is 35.4 Å². The summed E-state index contributed by atoms with van der Waals surface area (Å²) < 4.78 is 37.9. The van der Waals surface area contributed by atoms with Gasteiger partial charge < -0.3 is 5.11 Å². The first kappa shape index (κ1) is 9.57. The second kappa shape index (κ2) is 3.47. The number of halogens is 3. The molecule has 0 bridgehead atoms. The molecule has 1 unspecified atom stereocenters. The molecular weight excluding hydrogens is 185 g/mol. The van der Waals surface area contributed by atoms with Gasteiger partial charge >= 0.3 is 5.97 Å². The van der Waals surface area contributed by atoms with Crippen LogP contribution in [0.4, 0.5) is 13.2 Å². The molecule has 0 aliphatic carbocycles. The van der Waals surface area contributed by atoms with Gasteiger partial charge in [-0.2, -0.15) is 0 Å². The maximum absolute atomic E-state index is 12.7. The van der Waals surface area contributed by atoms with Crippen LogP contribution in [-0.4, -0.2) is 11.1 Å². The van der Waals surface area contributed by atoms with E-state index >= 15 is 0 Å². The SMILES string of the molecule is O=C(O)C(F)c1cccc(F)c1F. The minimum atomic E-state index is -2.53. The molecule has 1 N–H and O–H groups in total. The van der Waals surface area contributed by atoms with Gasteiger partial charge in [0.2, 0.25) is 6.17 Å². The van der Waals surface area contributed by atoms with Crippen LogP contribution in [0.2, 0.25) is 0 Å². The van der Waals surface area contributed by atoms with Gasteiger partial charge in [-0.3, -0.25) is 0 Å². The van der Waals surface area contributed by atoms with Gasteiger partial charge in [0.1, 0.15) is 0 Å². The second-order valence-corrected chi connectivity index (χ2v) is 2.34. The zero-order valence-electron chi connectivity index (χ0n) is 6.30. The predicted octanol–water partition coefficient (Wildman–Crippen LogP) is 2.06. The van der Waals surface area contributed by atoms with Gasteiger partial charge in [-0.15, -0.1) is 0 Å². The minimum absolute atomic E-state index is 0.785. The van der Waals surface area contributed by atoms with E-state index in [2.05, 4.69) is 0 Å². The zero-order chi connectivity index (χ0) is 10.0. The number of carbonyl (C=O) groups is 1. The number of carboxylic acid groups (broad SMARTS) is 1. The van der Waals surface area contributed by atoms with Crippen LogP contribution in [0.3, 0.4) is 0 Å². The fourth-order valence-electron chi connectivity index (χ4n) is 0.849. The summed E-state index contributed by atoms with van der Waals surface area (Å²) in [4.78, 5) is 10.1. The molecule has 0 spiro atoms. The van der Waals surface area contributed by atoms with Crippen LogP contribution >= 0.6 is 0 Å². The lowest BCUT2D eigenvalue weighted by Crippen LogP contribution is -2.08. The van der Waals surface area contributed by atoms with Crippen LogP contribution in [0.5, 0.6) is 0 Å². The van der Waals surface area contributed by atoms with E-state index in [4.69, 9.17) is 5.11 Å². The summed E-state index contributed by atoms with van der Waals surface area (Å²) in [5.74, 6) is -4.57. The topological polar surface area (TPSA) is 37.3 Å². The van der Waals surface area contributed by atoms with Crippen molar-refractivity contribution in [3.63, 3.8) is 0 Å². The van der Waals surface area contributed by atoms with Crippen LogP contribution in [0, 0.1) is 11.6 Å². The Balaban J connectivity index is 3.15. The monoisotopic (exact) mass is 190 g/mol. The lowest BCUT2D eigenvalue weighted by molar-refractivity contribution is -0.143. The molecule has 0 aliphatic heterocycles. The molecule has 1 aromatic carbocycles. The molecule has 1 atom stereocenters. The van der Waals surface area contributed by atoms with Crippen molar-refractivity contribution < 1.29 is 23.1 Å². The van der Waals surface area contributed by atoms with E-state index in [1.54, 1.807) is 0 Å². The van der Waals surface area contributed by atoms with E-state index in [0.717, 1.165) is 18.2 Å². The molecule has 0 fully saturated rings. The second-order valence-electron chi connectivity index (χ2n) is 2.34. The van der Waals surface area contributed by atoms with E-state index < -0.39 is 29.3 Å². The molecule has 5 heteroatoms. The zero-order valence-corrected chi connectivity index (χ0v) is 6.30. The third kappa shape index (κ3) is 1.80. The van der Waals surface area contributed by atoms with Crippen molar-refractivity contribution in [1.82, 2.24) is 0 Å². The number of hydrogen-bond donors (Lipinski definition) is 1. The molecule has 0 saturated carbocycles. The Morgan fingerprint density at radius 1 is 1.38 bits per heavy atom. The third-order valence-electron chi connectivity index (χ3n) is 1.47. The average Bonchev–Trinajstić information content (AvgIpc) is 2.08. The molecule has 70 valence electrons. The highest BCUT2D eigenvalue weighted by atomic mass is 19.2. The summed E-state index contributed by atoms with van der Waals surface area (Å²) in [6.45, 7) is 0. The highest BCUT2D eigenvalue weighted by Gasteiger charge is 2.23. The molecule has 0 heterocycles. The summed E-state index contributed by atoms with van der Waals surface area (Å²) in [6.07, 6.45) is -2.53. The van der Waals surface area contributed by atoms with Crippen LogP contribution in [0.25, 0.3) is 0 Å². The van der Waals surface area contributed by atoms with Crippen LogP contribution in [0.1, 0.15) is 11.7 Å². The third-order valence-corrected chi connectivity index (χ3v) is 1.47. The quantitative estimate of drug-likeness (QED) is 0.774. The Hall–Kier alpha value is -1.52. The van der Waals surface area contributed by atoms with E-state index in [9.17, 15) is 18.0 Å². The molecule has 0 aromatic heterocycles. The summed E-state index contributed by atoms with van der Waals surface area (Å²) in [6, 6.07) is 2.72. The van der Waals surface area contributed by atoms with Crippen molar-refractivity contribution in [2.24, 2.45) is 0 Å². The van der Waals surface area contributed by atoms with Crippen molar-refractivity contribution in [2.75, 3.05) is 0 Å². The van der Waals surface area contributed by atoms with Crippen LogP contribution in [-0.2, 0) is 4.79 Å². The van der Waals surface area contributed by atoms with E-state index in [1.807, 2.05) is 0 Å². The van der Waals surface area contributed by atoms with Crippen LogP contribution < -0.4 is 0 Å². The smallest absolute Gasteiger partial charge is 0.343 e. The van der Waals surface area contributed by atoms with Gasteiger partial charge in [0.15, 0.2) is 11.6 Å². The van der Waals surface area contributed by atoms with Gasteiger partial charge in [0.05, 0.1) is 0 Å². The Morgan fingerprint density at radius 3 is 2.54 bits per heavy atom. The van der Waals surface area contributed by atoms with Gasteiger partial charge in [0.25, 0.3) is 0 Å². The molecular formula is C8H5F3O2. The van der Waals surface area contributed by atoms with Crippen molar-refractivity contribution in [3.8, 4) is 0 Å². The summed E-state index contributed by atoms with van der Waals surface area (Å²) in [5, 5.41) is 8.19. The van der Waals surface area contributed by atoms with E-state index in [0.29, 0.717) is 0 Å². The van der Waals surface area contributed by atoms with Gasteiger partial charge in [-0.1, -0.05) is 12.1 Å². The van der Waals surface area contributed by atoms with Gasteiger partial charge in [-0.25, -0.2) is 18.0 Å². The molecule has 0 saturated heterocycles. The molecule has 0 radical (unpaired) electrons. The molecule has 1 aromatic rings. The van der Waals surface area contributed by atoms with Crippen molar-refractivity contribution >= 4 is 5.97 Å². The Morgan fingerprint density at radius 2 is 2.00 bits per heavy atom. The van der Waals surface area contributed by atoms with E-state index in [-0.39, 0.29) is 0 Å². The first-order valence-corrected chi connectivity index (χ1v) is 3.35. The van der Waals surface area contributed by atoms with Crippen molar-refractivity contribution in [2.45, 2.75) is 6.17 Å². The molecule has 0 aliphatic rings. The molecule has 1 rings (SSSR count). The lowest BCUT2D eigenvalue weighted by atomic mass is 10.1. The molecule has 13 heavy (non-hydrogen) atoms. The van der Waals surface area contributed by atoms with Gasteiger partial charge in [-0.05, 0) is 6.07 Å². The van der Waals surface area contributed by atoms with Crippen molar-refractivity contribution in [1.29, 1.82) is 0 Å². The Bertz CT molecular complexity index is 338. The summed E-state index contributed by atoms with van der Waals surface area (Å²) in [7, 11) is 0. The number of benzene rings is 1. The number of hydrogen-bond acceptors (Lipinski definition) is 1. The minimum Gasteiger partial charge on any atom is -0.479 e. The average molecular weight is 190 g/mol. The first-order chi connectivity index (χ1) is 6.04. The van der Waals surface area contributed by atoms with E-state index in [1.165, 1.54) is 0 Å². The maximum atomic E-state index is 12.7. The Kier molecular flexibility index (Phi) is 2.55. The summed E-state index contributed by atoms with van der Waals surface area (Å²) >= 11 is 0. The number of alkyl halides is 1. The lowest BCUT2D eigenvalue weighted by Gasteiger charge is -2.04. The molecule has 0 amide bonds. The van der Waals surface area contributed by atoms with Gasteiger partial charge in [0, 0.05) is 5.56 Å². The standard InChI is InChI=1S/C8H5F3O2/c9-5-3-1-2-4(6(5)10)7(11)8(12)13/h1-3,7H,(H,12,13).